The maximum Gasteiger partial charge on any atom is 0.0991 e. The smallest absolute Gasteiger partial charge is 0.0991 e. The third-order valence-corrected chi connectivity index (χ3v) is 4.59. The molecule has 3 rings (SSSR count). The van der Waals surface area contributed by atoms with Gasteiger partial charge in [-0.05, 0) is 29.1 Å². The third-order valence-electron chi connectivity index (χ3n) is 3.66. The van der Waals surface area contributed by atoms with Gasteiger partial charge >= 0.3 is 0 Å². The summed E-state index contributed by atoms with van der Waals surface area (Å²) in [5, 5.41) is 14.6. The number of benzene rings is 1. The number of thiophene rings is 1. The first-order valence-corrected chi connectivity index (χ1v) is 7.74. The number of rotatable bonds is 3. The summed E-state index contributed by atoms with van der Waals surface area (Å²) in [4.78, 5) is 3.85. The van der Waals surface area contributed by atoms with E-state index < -0.39 is 0 Å². The molecule has 0 amide bonds. The quantitative estimate of drug-likeness (QED) is 0.916. The van der Waals surface area contributed by atoms with Crippen LogP contribution in [0.25, 0.3) is 0 Å². The summed E-state index contributed by atoms with van der Waals surface area (Å²) >= 11 is 1.79. The lowest BCUT2D eigenvalue weighted by atomic mass is 10.0. The van der Waals surface area contributed by atoms with Crippen LogP contribution in [0.5, 0.6) is 0 Å². The van der Waals surface area contributed by atoms with Crippen molar-refractivity contribution >= 4 is 36.2 Å². The Labute approximate surface area is 147 Å². The minimum atomic E-state index is 0. The first kappa shape index (κ1) is 19.0. The number of piperazine rings is 1. The van der Waals surface area contributed by atoms with Crippen molar-refractivity contribution in [3.05, 3.63) is 57.8 Å². The summed E-state index contributed by atoms with van der Waals surface area (Å²) in [5.74, 6) is 0. The number of hydrogen-bond donors (Lipinski definition) is 1. The first-order valence-electron chi connectivity index (χ1n) is 6.87. The molecule has 0 bridgehead atoms. The van der Waals surface area contributed by atoms with E-state index >= 15 is 0 Å². The molecule has 2 heterocycles. The van der Waals surface area contributed by atoms with Crippen molar-refractivity contribution in [2.75, 3.05) is 26.2 Å². The van der Waals surface area contributed by atoms with E-state index in [1.807, 2.05) is 18.2 Å². The number of nitriles is 1. The monoisotopic (exact) mass is 355 g/mol. The SMILES string of the molecule is Cl.Cl.N#Cc1cccc([C@H](c2cccs2)N2CCNCC2)c1. The summed E-state index contributed by atoms with van der Waals surface area (Å²) in [6.45, 7) is 4.14. The molecule has 0 radical (unpaired) electrons. The lowest BCUT2D eigenvalue weighted by Crippen LogP contribution is -2.45. The van der Waals surface area contributed by atoms with Crippen LogP contribution in [0.3, 0.4) is 0 Å². The van der Waals surface area contributed by atoms with Crippen LogP contribution in [0.2, 0.25) is 0 Å². The topological polar surface area (TPSA) is 39.1 Å². The largest absolute Gasteiger partial charge is 0.314 e. The summed E-state index contributed by atoms with van der Waals surface area (Å²) < 4.78 is 0. The van der Waals surface area contributed by atoms with Crippen molar-refractivity contribution in [1.29, 1.82) is 5.26 Å². The van der Waals surface area contributed by atoms with Crippen LogP contribution < -0.4 is 5.32 Å². The predicted octanol–water partition coefficient (Wildman–Crippen LogP) is 3.46. The minimum absolute atomic E-state index is 0. The Morgan fingerprint density at radius 1 is 1.14 bits per heavy atom. The molecule has 1 aliphatic heterocycles. The number of nitrogens with one attached hydrogen (secondary N) is 1. The summed E-state index contributed by atoms with van der Waals surface area (Å²) in [7, 11) is 0. The Kier molecular flexibility index (Phi) is 7.88. The molecule has 0 saturated carbocycles. The Morgan fingerprint density at radius 2 is 1.91 bits per heavy atom. The zero-order chi connectivity index (χ0) is 13.8. The Hall–Kier alpha value is -1.09. The second kappa shape index (κ2) is 9.14. The highest BCUT2D eigenvalue weighted by Gasteiger charge is 2.24. The Morgan fingerprint density at radius 3 is 2.55 bits per heavy atom. The van der Waals surface area contributed by atoms with Crippen molar-refractivity contribution in [2.45, 2.75) is 6.04 Å². The molecule has 6 heteroatoms. The molecule has 1 aliphatic rings. The molecule has 1 aromatic heterocycles. The molecule has 1 aromatic carbocycles. The highest BCUT2D eigenvalue weighted by atomic mass is 35.5. The van der Waals surface area contributed by atoms with Gasteiger partial charge in [0, 0.05) is 31.1 Å². The van der Waals surface area contributed by atoms with Crippen molar-refractivity contribution in [3.8, 4) is 6.07 Å². The fraction of sp³-hybridized carbons (Fsp3) is 0.312. The van der Waals surface area contributed by atoms with Crippen LogP contribution in [0.1, 0.15) is 22.0 Å². The highest BCUT2D eigenvalue weighted by Crippen LogP contribution is 2.32. The molecule has 1 atom stereocenters. The number of nitrogens with zero attached hydrogens (tertiary/aromatic N) is 2. The second-order valence-electron chi connectivity index (χ2n) is 4.94. The summed E-state index contributed by atoms with van der Waals surface area (Å²) in [6, 6.07) is 14.8. The zero-order valence-corrected chi connectivity index (χ0v) is 14.5. The van der Waals surface area contributed by atoms with E-state index in [9.17, 15) is 0 Å². The van der Waals surface area contributed by atoms with Gasteiger partial charge in [-0.3, -0.25) is 4.90 Å². The van der Waals surface area contributed by atoms with Crippen LogP contribution in [-0.4, -0.2) is 31.1 Å². The second-order valence-corrected chi connectivity index (χ2v) is 5.92. The lowest BCUT2D eigenvalue weighted by molar-refractivity contribution is 0.200. The highest BCUT2D eigenvalue weighted by molar-refractivity contribution is 7.10. The van der Waals surface area contributed by atoms with E-state index in [1.54, 1.807) is 11.3 Å². The predicted molar refractivity (Wildman–Crippen MR) is 96.3 cm³/mol. The zero-order valence-electron chi connectivity index (χ0n) is 12.1. The summed E-state index contributed by atoms with van der Waals surface area (Å²) in [5.41, 5.74) is 1.95. The maximum atomic E-state index is 9.11. The average molecular weight is 356 g/mol. The molecule has 3 nitrogen and oxygen atoms in total. The van der Waals surface area contributed by atoms with Gasteiger partial charge in [-0.2, -0.15) is 5.26 Å². The Bertz CT molecular complexity index is 604. The fourth-order valence-electron chi connectivity index (χ4n) is 2.72. The van der Waals surface area contributed by atoms with E-state index in [1.165, 1.54) is 10.4 Å². The molecule has 1 fully saturated rings. The van der Waals surface area contributed by atoms with Crippen molar-refractivity contribution in [1.82, 2.24) is 10.2 Å². The lowest BCUT2D eigenvalue weighted by Gasteiger charge is -2.34. The van der Waals surface area contributed by atoms with Crippen LogP contribution in [-0.2, 0) is 0 Å². The van der Waals surface area contributed by atoms with Gasteiger partial charge in [0.1, 0.15) is 0 Å². The van der Waals surface area contributed by atoms with Gasteiger partial charge in [0.15, 0.2) is 0 Å². The third kappa shape index (κ3) is 4.22. The first-order chi connectivity index (χ1) is 9.88. The van der Waals surface area contributed by atoms with E-state index in [0.717, 1.165) is 31.7 Å². The van der Waals surface area contributed by atoms with Gasteiger partial charge in [-0.1, -0.05) is 18.2 Å². The van der Waals surface area contributed by atoms with Gasteiger partial charge in [-0.25, -0.2) is 0 Å². The van der Waals surface area contributed by atoms with Crippen LogP contribution in [0.4, 0.5) is 0 Å². The molecule has 22 heavy (non-hydrogen) atoms. The normalized spacial score (nSPS) is 16.0. The fourth-order valence-corrected chi connectivity index (χ4v) is 3.61. The van der Waals surface area contributed by atoms with Crippen molar-refractivity contribution < 1.29 is 0 Å². The summed E-state index contributed by atoms with van der Waals surface area (Å²) in [6.07, 6.45) is 0. The van der Waals surface area contributed by atoms with Gasteiger partial charge in [0.2, 0.25) is 0 Å². The van der Waals surface area contributed by atoms with Crippen LogP contribution in [0, 0.1) is 11.3 Å². The molecule has 0 unspecified atom stereocenters. The molecule has 0 spiro atoms. The van der Waals surface area contributed by atoms with Crippen LogP contribution in [0.15, 0.2) is 41.8 Å². The molecule has 0 aliphatic carbocycles. The maximum absolute atomic E-state index is 9.11. The van der Waals surface area contributed by atoms with Crippen LogP contribution >= 0.6 is 36.2 Å². The van der Waals surface area contributed by atoms with E-state index in [2.05, 4.69) is 39.9 Å². The standard InChI is InChI=1S/C16H17N3S.2ClH/c17-12-13-3-1-4-14(11-13)16(15-5-2-10-20-15)19-8-6-18-7-9-19;;/h1-5,10-11,16,18H,6-9H2;2*1H/t16-;;/m1../s1. The molecular weight excluding hydrogens is 337 g/mol. The Balaban J connectivity index is 0.00000121. The van der Waals surface area contributed by atoms with E-state index in [0.29, 0.717) is 0 Å². The van der Waals surface area contributed by atoms with Gasteiger partial charge in [0.25, 0.3) is 0 Å². The molecule has 1 saturated heterocycles. The van der Waals surface area contributed by atoms with Crippen molar-refractivity contribution in [3.63, 3.8) is 0 Å². The molecular formula is C16H19Cl2N3S. The molecule has 2 aromatic rings. The van der Waals surface area contributed by atoms with E-state index in [-0.39, 0.29) is 30.9 Å². The number of halogens is 2. The van der Waals surface area contributed by atoms with Gasteiger partial charge in [-0.15, -0.1) is 36.2 Å². The minimum Gasteiger partial charge on any atom is -0.314 e. The number of hydrogen-bond acceptors (Lipinski definition) is 4. The average Bonchev–Trinajstić information content (AvgIpc) is 3.03. The molecule has 118 valence electrons. The molecule has 1 N–H and O–H groups in total. The van der Waals surface area contributed by atoms with Gasteiger partial charge < -0.3 is 5.32 Å². The van der Waals surface area contributed by atoms with Gasteiger partial charge in [0.05, 0.1) is 17.7 Å². The van der Waals surface area contributed by atoms with E-state index in [4.69, 9.17) is 5.26 Å². The van der Waals surface area contributed by atoms with Crippen molar-refractivity contribution in [2.24, 2.45) is 0 Å².